The number of benzene rings is 1. The first kappa shape index (κ1) is 19.0. The van der Waals surface area contributed by atoms with E-state index in [1.165, 1.54) is 16.0 Å². The van der Waals surface area contributed by atoms with Crippen LogP contribution in [0.3, 0.4) is 0 Å². The van der Waals surface area contributed by atoms with Gasteiger partial charge in [0.05, 0.1) is 19.9 Å². The third-order valence-electron chi connectivity index (χ3n) is 4.65. The first-order chi connectivity index (χ1) is 13.1. The molecule has 7 nitrogen and oxygen atoms in total. The Labute approximate surface area is 159 Å². The number of rotatable bonds is 7. The smallest absolute Gasteiger partial charge is 0.407 e. The summed E-state index contributed by atoms with van der Waals surface area (Å²) in [6, 6.07) is 12.1. The summed E-state index contributed by atoms with van der Waals surface area (Å²) in [6.45, 7) is 4.14. The van der Waals surface area contributed by atoms with Gasteiger partial charge in [-0.25, -0.2) is 9.78 Å². The third-order valence-corrected chi connectivity index (χ3v) is 4.65. The zero-order valence-electron chi connectivity index (χ0n) is 15.5. The maximum Gasteiger partial charge on any atom is 0.407 e. The number of amides is 1. The molecule has 0 bridgehead atoms. The highest BCUT2D eigenvalue weighted by Gasteiger charge is 2.20. The molecule has 1 aliphatic heterocycles. The van der Waals surface area contributed by atoms with Crippen LogP contribution in [-0.4, -0.2) is 65.9 Å². The van der Waals surface area contributed by atoms with Gasteiger partial charge in [-0.3, -0.25) is 4.90 Å². The number of methoxy groups -OCH3 is 1. The van der Waals surface area contributed by atoms with Gasteiger partial charge in [-0.1, -0.05) is 24.3 Å². The lowest BCUT2D eigenvalue weighted by molar-refractivity contribution is 0.103. The van der Waals surface area contributed by atoms with E-state index in [0.717, 1.165) is 31.8 Å². The maximum atomic E-state index is 11.0. The molecule has 3 rings (SSSR count). The normalized spacial score (nSPS) is 14.8. The molecule has 1 N–H and O–H groups in total. The highest BCUT2D eigenvalue weighted by molar-refractivity contribution is 5.65. The number of pyridine rings is 1. The van der Waals surface area contributed by atoms with Crippen molar-refractivity contribution in [3.63, 3.8) is 0 Å². The van der Waals surface area contributed by atoms with Gasteiger partial charge in [0.15, 0.2) is 0 Å². The minimum Gasteiger partial charge on any atom is -0.492 e. The van der Waals surface area contributed by atoms with Crippen molar-refractivity contribution in [1.29, 1.82) is 0 Å². The molecule has 1 amide bonds. The molecule has 2 aromatic rings. The van der Waals surface area contributed by atoms with Crippen LogP contribution in [0.25, 0.3) is 0 Å². The van der Waals surface area contributed by atoms with Gasteiger partial charge in [0.2, 0.25) is 5.88 Å². The molecule has 1 aliphatic rings. The summed E-state index contributed by atoms with van der Waals surface area (Å²) in [5.41, 5.74) is 2.46. The molecule has 1 saturated heterocycles. The Morgan fingerprint density at radius 3 is 2.37 bits per heavy atom. The topological polar surface area (TPSA) is 75.1 Å². The van der Waals surface area contributed by atoms with Gasteiger partial charge >= 0.3 is 6.09 Å². The van der Waals surface area contributed by atoms with Crippen molar-refractivity contribution in [3.05, 3.63) is 53.7 Å². The largest absolute Gasteiger partial charge is 0.492 e. The molecule has 0 saturated carbocycles. The highest BCUT2D eigenvalue weighted by Crippen LogP contribution is 2.14. The van der Waals surface area contributed by atoms with E-state index in [-0.39, 0.29) is 0 Å². The summed E-state index contributed by atoms with van der Waals surface area (Å²) in [5.74, 6) is 1.30. The van der Waals surface area contributed by atoms with Gasteiger partial charge < -0.3 is 19.5 Å². The van der Waals surface area contributed by atoms with Crippen LogP contribution in [0.2, 0.25) is 0 Å². The zero-order valence-corrected chi connectivity index (χ0v) is 15.5. The number of nitrogens with zero attached hydrogens (tertiary/aromatic N) is 3. The lowest BCUT2D eigenvalue weighted by atomic mass is 10.1. The number of piperazine rings is 1. The molecule has 2 heterocycles. The number of aromatic nitrogens is 1. The van der Waals surface area contributed by atoms with Gasteiger partial charge in [0, 0.05) is 45.2 Å². The Kier molecular flexibility index (Phi) is 6.49. The van der Waals surface area contributed by atoms with Crippen LogP contribution in [0.1, 0.15) is 11.1 Å². The number of hydrogen-bond acceptors (Lipinski definition) is 5. The van der Waals surface area contributed by atoms with Crippen LogP contribution in [0, 0.1) is 0 Å². The van der Waals surface area contributed by atoms with Crippen LogP contribution < -0.4 is 9.47 Å². The van der Waals surface area contributed by atoms with Crippen molar-refractivity contribution in [2.24, 2.45) is 0 Å². The van der Waals surface area contributed by atoms with Crippen molar-refractivity contribution in [2.75, 3.05) is 39.9 Å². The van der Waals surface area contributed by atoms with Crippen LogP contribution >= 0.6 is 0 Å². The summed E-state index contributed by atoms with van der Waals surface area (Å²) in [4.78, 5) is 18.8. The SMILES string of the molecule is COc1ccc(OCCc2ccc(CN3CCN(C(=O)O)CC3)cc2)cn1. The lowest BCUT2D eigenvalue weighted by Gasteiger charge is -2.33. The van der Waals surface area contributed by atoms with E-state index in [9.17, 15) is 4.79 Å². The standard InChI is InChI=1S/C20H25N3O4/c1-26-19-7-6-18(14-21-19)27-13-8-16-2-4-17(5-3-16)15-22-9-11-23(12-10-22)20(24)25/h2-7,14H,8-13,15H2,1H3,(H,24,25). The van der Waals surface area contributed by atoms with Crippen LogP contribution in [-0.2, 0) is 13.0 Å². The van der Waals surface area contributed by atoms with E-state index < -0.39 is 6.09 Å². The second-order valence-electron chi connectivity index (χ2n) is 6.50. The number of carbonyl (C=O) groups is 1. The van der Waals surface area contributed by atoms with Crippen LogP contribution in [0.15, 0.2) is 42.6 Å². The molecule has 27 heavy (non-hydrogen) atoms. The van der Waals surface area contributed by atoms with Crippen molar-refractivity contribution >= 4 is 6.09 Å². The Bertz CT molecular complexity index is 726. The second-order valence-corrected chi connectivity index (χ2v) is 6.50. The molecule has 0 spiro atoms. The molecular formula is C20H25N3O4. The molecule has 1 aromatic carbocycles. The number of ether oxygens (including phenoxy) is 2. The summed E-state index contributed by atoms with van der Waals surface area (Å²) < 4.78 is 10.7. The Hall–Kier alpha value is -2.80. The van der Waals surface area contributed by atoms with Crippen LogP contribution in [0.4, 0.5) is 4.79 Å². The van der Waals surface area contributed by atoms with E-state index in [1.54, 1.807) is 19.4 Å². The quantitative estimate of drug-likeness (QED) is 0.806. The zero-order chi connectivity index (χ0) is 19.1. The average Bonchev–Trinajstić information content (AvgIpc) is 2.70. The fourth-order valence-corrected chi connectivity index (χ4v) is 3.03. The molecule has 7 heteroatoms. The predicted molar refractivity (Wildman–Crippen MR) is 101 cm³/mol. The molecule has 1 fully saturated rings. The number of hydrogen-bond donors (Lipinski definition) is 1. The molecular weight excluding hydrogens is 346 g/mol. The predicted octanol–water partition coefficient (Wildman–Crippen LogP) is 2.51. The molecule has 1 aromatic heterocycles. The Balaban J connectivity index is 1.41. The summed E-state index contributed by atoms with van der Waals surface area (Å²) in [7, 11) is 1.59. The van der Waals surface area contributed by atoms with Gasteiger partial charge in [-0.05, 0) is 17.2 Å². The van der Waals surface area contributed by atoms with Crippen molar-refractivity contribution < 1.29 is 19.4 Å². The van der Waals surface area contributed by atoms with Gasteiger partial charge in [-0.15, -0.1) is 0 Å². The molecule has 144 valence electrons. The van der Waals surface area contributed by atoms with Crippen molar-refractivity contribution in [3.8, 4) is 11.6 Å². The summed E-state index contributed by atoms with van der Waals surface area (Å²) in [6.07, 6.45) is 1.65. The van der Waals surface area contributed by atoms with Crippen LogP contribution in [0.5, 0.6) is 11.6 Å². The van der Waals surface area contributed by atoms with E-state index in [0.29, 0.717) is 25.6 Å². The van der Waals surface area contributed by atoms with Gasteiger partial charge in [0.1, 0.15) is 5.75 Å². The van der Waals surface area contributed by atoms with E-state index >= 15 is 0 Å². The first-order valence-electron chi connectivity index (χ1n) is 9.05. The molecule has 0 aliphatic carbocycles. The first-order valence-corrected chi connectivity index (χ1v) is 9.05. The van der Waals surface area contributed by atoms with E-state index in [4.69, 9.17) is 14.6 Å². The fourth-order valence-electron chi connectivity index (χ4n) is 3.03. The number of carboxylic acid groups (broad SMARTS) is 1. The second kappa shape index (κ2) is 9.23. The average molecular weight is 371 g/mol. The van der Waals surface area contributed by atoms with Crippen molar-refractivity contribution in [1.82, 2.24) is 14.8 Å². The van der Waals surface area contributed by atoms with E-state index in [1.807, 2.05) is 6.07 Å². The Morgan fingerprint density at radius 2 is 1.78 bits per heavy atom. The monoisotopic (exact) mass is 371 g/mol. The third kappa shape index (κ3) is 5.59. The maximum absolute atomic E-state index is 11.0. The van der Waals surface area contributed by atoms with Gasteiger partial charge in [0.25, 0.3) is 0 Å². The summed E-state index contributed by atoms with van der Waals surface area (Å²) in [5, 5.41) is 9.00. The molecule has 0 radical (unpaired) electrons. The summed E-state index contributed by atoms with van der Waals surface area (Å²) >= 11 is 0. The minimum absolute atomic E-state index is 0.572. The fraction of sp³-hybridized carbons (Fsp3) is 0.400. The lowest BCUT2D eigenvalue weighted by Crippen LogP contribution is -2.47. The van der Waals surface area contributed by atoms with E-state index in [2.05, 4.69) is 34.1 Å². The Morgan fingerprint density at radius 1 is 1.07 bits per heavy atom. The van der Waals surface area contributed by atoms with Gasteiger partial charge in [-0.2, -0.15) is 0 Å². The minimum atomic E-state index is -0.827. The molecule has 0 atom stereocenters. The van der Waals surface area contributed by atoms with Crippen molar-refractivity contribution in [2.45, 2.75) is 13.0 Å². The molecule has 0 unspecified atom stereocenters. The highest BCUT2D eigenvalue weighted by atomic mass is 16.5.